The largest absolute Gasteiger partial charge is 0.395 e. The number of amides is 1. The van der Waals surface area contributed by atoms with E-state index in [1.165, 1.54) is 6.07 Å². The van der Waals surface area contributed by atoms with E-state index in [1.807, 2.05) is 48.0 Å². The highest BCUT2D eigenvalue weighted by atomic mass is 19.1. The molecule has 1 fully saturated rings. The Balaban J connectivity index is 1.40. The van der Waals surface area contributed by atoms with Crippen LogP contribution in [-0.4, -0.2) is 51.7 Å². The Labute approximate surface area is 191 Å². The van der Waals surface area contributed by atoms with Crippen LogP contribution in [0.3, 0.4) is 0 Å². The molecule has 5 rings (SSSR count). The molecule has 1 unspecified atom stereocenters. The Bertz CT molecular complexity index is 1330. The second-order valence-corrected chi connectivity index (χ2v) is 8.74. The monoisotopic (exact) mass is 446 g/mol. The number of benzene rings is 2. The molecule has 2 N–H and O–H groups in total. The number of hydrogen-bond donors (Lipinski definition) is 2. The van der Waals surface area contributed by atoms with E-state index in [4.69, 9.17) is 10.1 Å². The molecule has 0 saturated carbocycles. The molecule has 3 heterocycles. The van der Waals surface area contributed by atoms with Gasteiger partial charge in [-0.3, -0.25) is 14.7 Å². The van der Waals surface area contributed by atoms with Crippen molar-refractivity contribution in [2.75, 3.05) is 26.2 Å². The average molecular weight is 447 g/mol. The molecule has 7 heteroatoms. The van der Waals surface area contributed by atoms with E-state index in [-0.39, 0.29) is 30.8 Å². The van der Waals surface area contributed by atoms with Crippen molar-refractivity contribution in [3.05, 3.63) is 77.4 Å². The van der Waals surface area contributed by atoms with Gasteiger partial charge in [-0.05, 0) is 48.9 Å². The molecule has 1 amide bonds. The lowest BCUT2D eigenvalue weighted by atomic mass is 9.99. The standard InChI is InChI=1S/C26H27FN4O2/c1-30-14-18(21-12-19(27)6-7-25(21)30)16-31-10-8-17(15-31)24-13-22(26(33)28-9-11-32)20-4-2-3-5-23(20)29-24/h2-7,12-14,17,32H,8-11,15-16H2,1H3,(H,28,33). The fourth-order valence-electron chi connectivity index (χ4n) is 4.89. The van der Waals surface area contributed by atoms with Gasteiger partial charge >= 0.3 is 0 Å². The highest BCUT2D eigenvalue weighted by Crippen LogP contribution is 2.31. The van der Waals surface area contributed by atoms with Crippen LogP contribution in [-0.2, 0) is 13.6 Å². The van der Waals surface area contributed by atoms with E-state index < -0.39 is 0 Å². The summed E-state index contributed by atoms with van der Waals surface area (Å²) in [7, 11) is 1.99. The smallest absolute Gasteiger partial charge is 0.252 e. The van der Waals surface area contributed by atoms with Crippen molar-refractivity contribution in [2.24, 2.45) is 7.05 Å². The molecule has 2 aromatic heterocycles. The van der Waals surface area contributed by atoms with Gasteiger partial charge in [-0.15, -0.1) is 0 Å². The van der Waals surface area contributed by atoms with E-state index in [2.05, 4.69) is 16.4 Å². The van der Waals surface area contributed by atoms with Crippen molar-refractivity contribution in [3.63, 3.8) is 0 Å². The minimum atomic E-state index is -0.221. The fraction of sp³-hybridized carbons (Fsp3) is 0.308. The minimum absolute atomic E-state index is 0.0999. The lowest BCUT2D eigenvalue weighted by Crippen LogP contribution is -2.27. The van der Waals surface area contributed by atoms with Gasteiger partial charge < -0.3 is 15.0 Å². The van der Waals surface area contributed by atoms with Crippen LogP contribution in [0.5, 0.6) is 0 Å². The molecule has 1 atom stereocenters. The number of likely N-dealkylation sites (tertiary alicyclic amines) is 1. The van der Waals surface area contributed by atoms with Gasteiger partial charge in [0.1, 0.15) is 5.82 Å². The number of nitrogens with one attached hydrogen (secondary N) is 1. The number of halogens is 1. The molecule has 170 valence electrons. The van der Waals surface area contributed by atoms with E-state index >= 15 is 0 Å². The first-order valence-corrected chi connectivity index (χ1v) is 11.3. The van der Waals surface area contributed by atoms with E-state index in [1.54, 1.807) is 6.07 Å². The van der Waals surface area contributed by atoms with Gasteiger partial charge in [0.25, 0.3) is 5.91 Å². The minimum Gasteiger partial charge on any atom is -0.395 e. The molecule has 0 radical (unpaired) electrons. The summed E-state index contributed by atoms with van der Waals surface area (Å²) < 4.78 is 15.9. The summed E-state index contributed by atoms with van der Waals surface area (Å²) in [5, 5.41) is 13.6. The van der Waals surface area contributed by atoms with Crippen LogP contribution < -0.4 is 5.32 Å². The maximum Gasteiger partial charge on any atom is 0.252 e. The number of fused-ring (bicyclic) bond motifs is 2. The highest BCUT2D eigenvalue weighted by Gasteiger charge is 2.27. The Kier molecular flexibility index (Phi) is 5.83. The van der Waals surface area contributed by atoms with Crippen molar-refractivity contribution >= 4 is 27.7 Å². The van der Waals surface area contributed by atoms with Crippen LogP contribution in [0.2, 0.25) is 0 Å². The summed E-state index contributed by atoms with van der Waals surface area (Å²) in [5.41, 5.74) is 4.44. The number of aryl methyl sites for hydroxylation is 1. The number of aromatic nitrogens is 2. The van der Waals surface area contributed by atoms with Crippen molar-refractivity contribution in [1.29, 1.82) is 0 Å². The zero-order valence-corrected chi connectivity index (χ0v) is 18.6. The number of rotatable bonds is 6. The number of aliphatic hydroxyl groups is 1. The Hall–Kier alpha value is -3.29. The van der Waals surface area contributed by atoms with Gasteiger partial charge in [-0.1, -0.05) is 18.2 Å². The quantitative estimate of drug-likeness (QED) is 0.475. The van der Waals surface area contributed by atoms with Gasteiger partial charge in [0.15, 0.2) is 0 Å². The summed E-state index contributed by atoms with van der Waals surface area (Å²) in [5.74, 6) is -0.205. The Morgan fingerprint density at radius 1 is 1.21 bits per heavy atom. The van der Waals surface area contributed by atoms with Gasteiger partial charge in [0.2, 0.25) is 0 Å². The van der Waals surface area contributed by atoms with Crippen molar-refractivity contribution < 1.29 is 14.3 Å². The molecule has 6 nitrogen and oxygen atoms in total. The molecule has 0 aliphatic carbocycles. The van der Waals surface area contributed by atoms with E-state index in [9.17, 15) is 9.18 Å². The summed E-state index contributed by atoms with van der Waals surface area (Å²) in [6.07, 6.45) is 3.03. The Morgan fingerprint density at radius 2 is 2.06 bits per heavy atom. The second kappa shape index (κ2) is 8.92. The second-order valence-electron chi connectivity index (χ2n) is 8.74. The molecule has 1 aliphatic heterocycles. The predicted octanol–water partition coefficient (Wildman–Crippen LogP) is 3.58. The lowest BCUT2D eigenvalue weighted by Gasteiger charge is -2.17. The summed E-state index contributed by atoms with van der Waals surface area (Å²) in [6, 6.07) is 14.5. The van der Waals surface area contributed by atoms with Crippen molar-refractivity contribution in [2.45, 2.75) is 18.9 Å². The fourth-order valence-corrected chi connectivity index (χ4v) is 4.89. The molecular formula is C26H27FN4O2. The molecule has 0 bridgehead atoms. The Morgan fingerprint density at radius 3 is 2.91 bits per heavy atom. The molecular weight excluding hydrogens is 419 g/mol. The number of aliphatic hydroxyl groups excluding tert-OH is 1. The zero-order chi connectivity index (χ0) is 22.9. The van der Waals surface area contributed by atoms with Gasteiger partial charge in [0, 0.05) is 60.8 Å². The lowest BCUT2D eigenvalue weighted by molar-refractivity contribution is 0.0946. The third-order valence-electron chi connectivity index (χ3n) is 6.50. The first-order valence-electron chi connectivity index (χ1n) is 11.3. The third-order valence-corrected chi connectivity index (χ3v) is 6.50. The average Bonchev–Trinajstić information content (AvgIpc) is 3.41. The summed E-state index contributed by atoms with van der Waals surface area (Å²) in [6.45, 7) is 2.60. The van der Waals surface area contributed by atoms with Crippen LogP contribution in [0.4, 0.5) is 4.39 Å². The van der Waals surface area contributed by atoms with Gasteiger partial charge in [0.05, 0.1) is 17.7 Å². The topological polar surface area (TPSA) is 70.4 Å². The normalized spacial score (nSPS) is 16.6. The van der Waals surface area contributed by atoms with E-state index in [0.717, 1.165) is 59.1 Å². The van der Waals surface area contributed by atoms with Crippen molar-refractivity contribution in [3.8, 4) is 0 Å². The van der Waals surface area contributed by atoms with Crippen LogP contribution in [0.1, 0.15) is 34.0 Å². The number of hydrogen-bond acceptors (Lipinski definition) is 4. The molecule has 1 saturated heterocycles. The van der Waals surface area contributed by atoms with Crippen LogP contribution in [0.25, 0.3) is 21.8 Å². The number of carbonyl (C=O) groups excluding carboxylic acids is 1. The van der Waals surface area contributed by atoms with Crippen molar-refractivity contribution in [1.82, 2.24) is 19.8 Å². The third kappa shape index (κ3) is 4.21. The van der Waals surface area contributed by atoms with Gasteiger partial charge in [-0.2, -0.15) is 0 Å². The first-order chi connectivity index (χ1) is 16.0. The van der Waals surface area contributed by atoms with Crippen LogP contribution in [0, 0.1) is 5.82 Å². The predicted molar refractivity (Wildman–Crippen MR) is 127 cm³/mol. The molecule has 2 aromatic carbocycles. The highest BCUT2D eigenvalue weighted by molar-refractivity contribution is 6.06. The number of carbonyl (C=O) groups is 1. The summed E-state index contributed by atoms with van der Waals surface area (Å²) in [4.78, 5) is 20.0. The van der Waals surface area contributed by atoms with Crippen LogP contribution >= 0.6 is 0 Å². The first kappa shape index (κ1) is 21.6. The number of para-hydroxylation sites is 1. The van der Waals surface area contributed by atoms with Gasteiger partial charge in [-0.25, -0.2) is 4.39 Å². The number of nitrogens with zero attached hydrogens (tertiary/aromatic N) is 3. The maximum absolute atomic E-state index is 13.9. The maximum atomic E-state index is 13.9. The van der Waals surface area contributed by atoms with Crippen LogP contribution in [0.15, 0.2) is 54.7 Å². The molecule has 0 spiro atoms. The molecule has 4 aromatic rings. The SMILES string of the molecule is Cn1cc(CN2CCC(c3cc(C(=O)NCCO)c4ccccc4n3)C2)c2cc(F)ccc21. The molecule has 1 aliphatic rings. The molecule has 33 heavy (non-hydrogen) atoms. The zero-order valence-electron chi connectivity index (χ0n) is 18.6. The number of pyridine rings is 1. The summed E-state index contributed by atoms with van der Waals surface area (Å²) >= 11 is 0. The van der Waals surface area contributed by atoms with E-state index in [0.29, 0.717) is 5.56 Å².